The van der Waals surface area contributed by atoms with Gasteiger partial charge in [0.2, 0.25) is 10.0 Å². The third-order valence-electron chi connectivity index (χ3n) is 3.94. The van der Waals surface area contributed by atoms with E-state index in [1.807, 2.05) is 42.0 Å². The van der Waals surface area contributed by atoms with Crippen LogP contribution in [0.4, 0.5) is 4.39 Å². The molecule has 0 aliphatic carbocycles. The van der Waals surface area contributed by atoms with E-state index in [1.54, 1.807) is 6.20 Å². The molecule has 0 bridgehead atoms. The molecular formula is C18H18FN3O3S. The molecule has 1 N–H and O–H groups in total. The Morgan fingerprint density at radius 1 is 1.19 bits per heavy atom. The molecule has 3 rings (SSSR count). The van der Waals surface area contributed by atoms with E-state index in [1.165, 1.54) is 19.2 Å². The number of aromatic nitrogens is 2. The number of halogens is 1. The Bertz CT molecular complexity index is 1010. The van der Waals surface area contributed by atoms with Crippen molar-refractivity contribution in [2.24, 2.45) is 0 Å². The lowest BCUT2D eigenvalue weighted by molar-refractivity contribution is 0.385. The number of nitrogens with zero attached hydrogens (tertiary/aromatic N) is 2. The van der Waals surface area contributed by atoms with Gasteiger partial charge in [0, 0.05) is 24.6 Å². The molecule has 2 aromatic carbocycles. The highest BCUT2D eigenvalue weighted by atomic mass is 32.2. The zero-order chi connectivity index (χ0) is 18.7. The molecule has 0 amide bonds. The van der Waals surface area contributed by atoms with Crippen molar-refractivity contribution in [1.82, 2.24) is 14.3 Å². The zero-order valence-corrected chi connectivity index (χ0v) is 15.1. The van der Waals surface area contributed by atoms with Crippen LogP contribution in [0.3, 0.4) is 0 Å². The predicted molar refractivity (Wildman–Crippen MR) is 95.3 cm³/mol. The number of sulfonamides is 1. The standard InChI is InChI=1S/C18H18FN3O3S/c1-13-20-9-10-22(13)15-5-3-14(4-6-15)12-21-26(23,24)16-7-8-18(25-2)17(19)11-16/h3-11,21H,12H2,1-2H3. The van der Waals surface area contributed by atoms with Crippen LogP contribution in [-0.4, -0.2) is 25.1 Å². The molecule has 0 aliphatic rings. The zero-order valence-electron chi connectivity index (χ0n) is 14.3. The molecule has 0 saturated carbocycles. The van der Waals surface area contributed by atoms with Gasteiger partial charge in [0.1, 0.15) is 5.82 Å². The van der Waals surface area contributed by atoms with Crippen LogP contribution >= 0.6 is 0 Å². The van der Waals surface area contributed by atoms with Gasteiger partial charge in [-0.1, -0.05) is 12.1 Å². The van der Waals surface area contributed by atoms with Gasteiger partial charge in [0.05, 0.1) is 12.0 Å². The molecular weight excluding hydrogens is 357 g/mol. The second kappa shape index (κ2) is 7.27. The van der Waals surface area contributed by atoms with Crippen LogP contribution in [0.25, 0.3) is 5.69 Å². The topological polar surface area (TPSA) is 73.2 Å². The monoisotopic (exact) mass is 375 g/mol. The third-order valence-corrected chi connectivity index (χ3v) is 5.34. The Morgan fingerprint density at radius 2 is 1.92 bits per heavy atom. The number of imidazole rings is 1. The van der Waals surface area contributed by atoms with E-state index in [-0.39, 0.29) is 17.2 Å². The van der Waals surface area contributed by atoms with E-state index in [9.17, 15) is 12.8 Å². The molecule has 26 heavy (non-hydrogen) atoms. The molecule has 0 aliphatic heterocycles. The molecule has 1 aromatic heterocycles. The first-order valence-corrected chi connectivity index (χ1v) is 9.31. The average molecular weight is 375 g/mol. The van der Waals surface area contributed by atoms with Crippen LogP contribution in [0.1, 0.15) is 11.4 Å². The van der Waals surface area contributed by atoms with E-state index in [0.717, 1.165) is 23.1 Å². The highest BCUT2D eigenvalue weighted by molar-refractivity contribution is 7.89. The normalized spacial score (nSPS) is 11.5. The third kappa shape index (κ3) is 3.76. The van der Waals surface area contributed by atoms with Crippen LogP contribution in [0.15, 0.2) is 59.8 Å². The van der Waals surface area contributed by atoms with Crippen LogP contribution < -0.4 is 9.46 Å². The number of hydrogen-bond donors (Lipinski definition) is 1. The SMILES string of the molecule is COc1ccc(S(=O)(=O)NCc2ccc(-n3ccnc3C)cc2)cc1F. The van der Waals surface area contributed by atoms with Gasteiger partial charge in [-0.2, -0.15) is 0 Å². The number of nitrogens with one attached hydrogen (secondary N) is 1. The summed E-state index contributed by atoms with van der Waals surface area (Å²) in [6.45, 7) is 2.00. The Kier molecular flexibility index (Phi) is 5.06. The van der Waals surface area contributed by atoms with Crippen molar-refractivity contribution in [3.8, 4) is 11.4 Å². The minimum absolute atomic E-state index is 0.00525. The van der Waals surface area contributed by atoms with Crippen LogP contribution in [0.5, 0.6) is 5.75 Å². The second-order valence-corrected chi connectivity index (χ2v) is 7.40. The summed E-state index contributed by atoms with van der Waals surface area (Å²) in [6, 6.07) is 10.9. The van der Waals surface area contributed by atoms with Crippen molar-refractivity contribution in [2.45, 2.75) is 18.4 Å². The summed E-state index contributed by atoms with van der Waals surface area (Å²) in [5.74, 6) is 0.129. The first-order chi connectivity index (χ1) is 12.4. The van der Waals surface area contributed by atoms with Gasteiger partial charge in [-0.25, -0.2) is 22.5 Å². The van der Waals surface area contributed by atoms with Gasteiger partial charge in [-0.15, -0.1) is 0 Å². The van der Waals surface area contributed by atoms with Gasteiger partial charge >= 0.3 is 0 Å². The minimum atomic E-state index is -3.83. The first kappa shape index (κ1) is 18.1. The van der Waals surface area contributed by atoms with Crippen molar-refractivity contribution in [1.29, 1.82) is 0 Å². The number of rotatable bonds is 6. The van der Waals surface area contributed by atoms with Gasteiger partial charge in [-0.05, 0) is 42.8 Å². The highest BCUT2D eigenvalue weighted by Crippen LogP contribution is 2.20. The maximum atomic E-state index is 13.7. The van der Waals surface area contributed by atoms with Gasteiger partial charge in [-0.3, -0.25) is 0 Å². The fourth-order valence-corrected chi connectivity index (χ4v) is 3.53. The molecule has 0 unspecified atom stereocenters. The van der Waals surface area contributed by atoms with E-state index in [4.69, 9.17) is 4.74 Å². The van der Waals surface area contributed by atoms with Crippen molar-refractivity contribution in [2.75, 3.05) is 7.11 Å². The van der Waals surface area contributed by atoms with E-state index in [0.29, 0.717) is 0 Å². The molecule has 8 heteroatoms. The van der Waals surface area contributed by atoms with Crippen molar-refractivity contribution in [3.63, 3.8) is 0 Å². The first-order valence-electron chi connectivity index (χ1n) is 7.83. The maximum absolute atomic E-state index is 13.7. The summed E-state index contributed by atoms with van der Waals surface area (Å²) in [6.07, 6.45) is 3.57. The molecule has 0 saturated heterocycles. The maximum Gasteiger partial charge on any atom is 0.240 e. The molecule has 0 radical (unpaired) electrons. The number of methoxy groups -OCH3 is 1. The minimum Gasteiger partial charge on any atom is -0.494 e. The molecule has 0 atom stereocenters. The van der Waals surface area contributed by atoms with Gasteiger partial charge < -0.3 is 9.30 Å². The van der Waals surface area contributed by atoms with Crippen LogP contribution in [-0.2, 0) is 16.6 Å². The Labute approximate surface area is 151 Å². The fourth-order valence-electron chi connectivity index (χ4n) is 2.50. The van der Waals surface area contributed by atoms with Crippen molar-refractivity contribution < 1.29 is 17.5 Å². The average Bonchev–Trinajstić information content (AvgIpc) is 3.06. The molecule has 6 nitrogen and oxygen atoms in total. The van der Waals surface area contributed by atoms with E-state index in [2.05, 4.69) is 9.71 Å². The molecule has 3 aromatic rings. The summed E-state index contributed by atoms with van der Waals surface area (Å²) in [5, 5.41) is 0. The number of aryl methyl sites for hydroxylation is 1. The molecule has 0 fully saturated rings. The predicted octanol–water partition coefficient (Wildman–Crippen LogP) is 2.81. The second-order valence-electron chi connectivity index (χ2n) is 5.63. The summed E-state index contributed by atoms with van der Waals surface area (Å²) in [5.41, 5.74) is 1.72. The Morgan fingerprint density at radius 3 is 2.50 bits per heavy atom. The summed E-state index contributed by atoms with van der Waals surface area (Å²) >= 11 is 0. The van der Waals surface area contributed by atoms with E-state index < -0.39 is 15.8 Å². The van der Waals surface area contributed by atoms with Crippen molar-refractivity contribution in [3.05, 3.63) is 72.1 Å². The quantitative estimate of drug-likeness (QED) is 0.719. The molecule has 1 heterocycles. The lowest BCUT2D eigenvalue weighted by Crippen LogP contribution is -2.23. The smallest absolute Gasteiger partial charge is 0.240 e. The number of hydrogen-bond acceptors (Lipinski definition) is 4. The largest absolute Gasteiger partial charge is 0.494 e. The lowest BCUT2D eigenvalue weighted by atomic mass is 10.2. The lowest BCUT2D eigenvalue weighted by Gasteiger charge is -2.10. The van der Waals surface area contributed by atoms with Crippen molar-refractivity contribution >= 4 is 10.0 Å². The fraction of sp³-hybridized carbons (Fsp3) is 0.167. The summed E-state index contributed by atoms with van der Waals surface area (Å²) in [4.78, 5) is 4.02. The number of benzene rings is 2. The van der Waals surface area contributed by atoms with Crippen LogP contribution in [0, 0.1) is 12.7 Å². The molecule has 136 valence electrons. The van der Waals surface area contributed by atoms with E-state index >= 15 is 0 Å². The van der Waals surface area contributed by atoms with Crippen LogP contribution in [0.2, 0.25) is 0 Å². The summed E-state index contributed by atoms with van der Waals surface area (Å²) < 4.78 is 47.6. The van der Waals surface area contributed by atoms with Gasteiger partial charge in [0.15, 0.2) is 11.6 Å². The molecule has 0 spiro atoms. The highest BCUT2D eigenvalue weighted by Gasteiger charge is 2.16. The Hall–Kier alpha value is -2.71. The number of ether oxygens (including phenoxy) is 1. The Balaban J connectivity index is 1.72. The summed E-state index contributed by atoms with van der Waals surface area (Å²) in [7, 11) is -2.51. The van der Waals surface area contributed by atoms with Gasteiger partial charge in [0.25, 0.3) is 0 Å².